The third-order valence-corrected chi connectivity index (χ3v) is 3.42. The first-order chi connectivity index (χ1) is 8.00. The Morgan fingerprint density at radius 1 is 1.53 bits per heavy atom. The molecule has 0 aliphatic heterocycles. The van der Waals surface area contributed by atoms with Crippen LogP contribution in [-0.4, -0.2) is 24.5 Å². The second-order valence-corrected chi connectivity index (χ2v) is 4.91. The maximum absolute atomic E-state index is 11.9. The molecule has 0 aliphatic carbocycles. The van der Waals surface area contributed by atoms with E-state index in [-0.39, 0.29) is 18.3 Å². The number of methoxy groups -OCH3 is 1. The molecule has 1 aromatic heterocycles. The number of carbonyl (C=O) groups is 2. The molecule has 5 heteroatoms. The number of ether oxygens (including phenoxy) is 1. The van der Waals surface area contributed by atoms with Gasteiger partial charge in [0, 0.05) is 10.9 Å². The van der Waals surface area contributed by atoms with Gasteiger partial charge in [0.1, 0.15) is 0 Å². The number of nitrogens with one attached hydrogen (secondary N) is 1. The lowest BCUT2D eigenvalue weighted by Gasteiger charge is -2.28. The fourth-order valence-corrected chi connectivity index (χ4v) is 2.02. The average molecular weight is 255 g/mol. The molecule has 1 atom stereocenters. The van der Waals surface area contributed by atoms with Crippen LogP contribution >= 0.6 is 11.3 Å². The van der Waals surface area contributed by atoms with E-state index in [1.807, 2.05) is 19.2 Å². The molecule has 0 bridgehead atoms. The molecule has 1 N–H and O–H groups in total. The van der Waals surface area contributed by atoms with Crippen LogP contribution < -0.4 is 5.32 Å². The van der Waals surface area contributed by atoms with Gasteiger partial charge in [-0.3, -0.25) is 9.59 Å². The summed E-state index contributed by atoms with van der Waals surface area (Å²) in [5, 5.41) is 6.50. The predicted molar refractivity (Wildman–Crippen MR) is 67.1 cm³/mol. The molecule has 1 amide bonds. The molecule has 4 nitrogen and oxygen atoms in total. The van der Waals surface area contributed by atoms with E-state index < -0.39 is 5.54 Å². The van der Waals surface area contributed by atoms with E-state index in [1.54, 1.807) is 11.4 Å². The Morgan fingerprint density at radius 3 is 2.71 bits per heavy atom. The molecule has 0 saturated heterocycles. The van der Waals surface area contributed by atoms with Gasteiger partial charge in [-0.2, -0.15) is 11.3 Å². The molecule has 0 spiro atoms. The summed E-state index contributed by atoms with van der Waals surface area (Å²) < 4.78 is 4.63. The maximum atomic E-state index is 11.9. The standard InChI is InChI=1S/C12H17NO3S/c1-4-12(2,7-10(14)16-3)13-11(15)9-5-6-17-8-9/h5-6,8H,4,7H2,1-3H3,(H,13,15)/t12-/m1/s1. The Balaban J connectivity index is 2.68. The van der Waals surface area contributed by atoms with E-state index in [2.05, 4.69) is 10.1 Å². The third-order valence-electron chi connectivity index (χ3n) is 2.74. The molecule has 0 radical (unpaired) electrons. The summed E-state index contributed by atoms with van der Waals surface area (Å²) in [5.41, 5.74) is 0.0612. The summed E-state index contributed by atoms with van der Waals surface area (Å²) in [6.07, 6.45) is 0.841. The van der Waals surface area contributed by atoms with Crippen molar-refractivity contribution in [1.29, 1.82) is 0 Å². The van der Waals surface area contributed by atoms with E-state index in [1.165, 1.54) is 18.4 Å². The number of thiophene rings is 1. The Labute approximate surface area is 105 Å². The molecule has 0 aromatic carbocycles. The highest BCUT2D eigenvalue weighted by atomic mass is 32.1. The van der Waals surface area contributed by atoms with Gasteiger partial charge in [-0.15, -0.1) is 0 Å². The minimum absolute atomic E-state index is 0.153. The highest BCUT2D eigenvalue weighted by Crippen LogP contribution is 2.17. The van der Waals surface area contributed by atoms with Gasteiger partial charge >= 0.3 is 5.97 Å². The lowest BCUT2D eigenvalue weighted by atomic mass is 9.94. The van der Waals surface area contributed by atoms with Crippen LogP contribution in [0.15, 0.2) is 16.8 Å². The maximum Gasteiger partial charge on any atom is 0.307 e. The molecular formula is C12H17NO3S. The van der Waals surface area contributed by atoms with Crippen molar-refractivity contribution in [2.75, 3.05) is 7.11 Å². The lowest BCUT2D eigenvalue weighted by Crippen LogP contribution is -2.47. The highest BCUT2D eigenvalue weighted by Gasteiger charge is 2.28. The Kier molecular flexibility index (Phi) is 4.69. The van der Waals surface area contributed by atoms with Crippen LogP contribution in [0.25, 0.3) is 0 Å². The first-order valence-electron chi connectivity index (χ1n) is 5.42. The summed E-state index contributed by atoms with van der Waals surface area (Å²) in [5.74, 6) is -0.473. The molecule has 0 saturated carbocycles. The summed E-state index contributed by atoms with van der Waals surface area (Å²) in [7, 11) is 1.35. The summed E-state index contributed by atoms with van der Waals surface area (Å²) in [6.45, 7) is 3.77. The van der Waals surface area contributed by atoms with Gasteiger partial charge in [0.2, 0.25) is 0 Å². The van der Waals surface area contributed by atoms with Crippen LogP contribution in [0.4, 0.5) is 0 Å². The lowest BCUT2D eigenvalue weighted by molar-refractivity contribution is -0.142. The minimum atomic E-state index is -0.563. The van der Waals surface area contributed by atoms with E-state index in [9.17, 15) is 9.59 Å². The summed E-state index contributed by atoms with van der Waals surface area (Å²) >= 11 is 1.47. The molecule has 0 aliphatic rings. The van der Waals surface area contributed by atoms with Crippen molar-refractivity contribution in [2.45, 2.75) is 32.2 Å². The van der Waals surface area contributed by atoms with Crippen molar-refractivity contribution in [3.8, 4) is 0 Å². The SMILES string of the molecule is CC[C@](C)(CC(=O)OC)NC(=O)c1ccsc1. The second-order valence-electron chi connectivity index (χ2n) is 4.13. The highest BCUT2D eigenvalue weighted by molar-refractivity contribution is 7.08. The van der Waals surface area contributed by atoms with Gasteiger partial charge in [0.25, 0.3) is 5.91 Å². The van der Waals surface area contributed by atoms with Crippen molar-refractivity contribution in [1.82, 2.24) is 5.32 Å². The molecule has 1 heterocycles. The largest absolute Gasteiger partial charge is 0.469 e. The number of carbonyl (C=O) groups excluding carboxylic acids is 2. The smallest absolute Gasteiger partial charge is 0.307 e. The van der Waals surface area contributed by atoms with Gasteiger partial charge in [0.15, 0.2) is 0 Å². The van der Waals surface area contributed by atoms with E-state index in [0.717, 1.165) is 0 Å². The number of rotatable bonds is 5. The van der Waals surface area contributed by atoms with Crippen molar-refractivity contribution in [3.05, 3.63) is 22.4 Å². The molecule has 1 aromatic rings. The first-order valence-corrected chi connectivity index (χ1v) is 6.36. The summed E-state index contributed by atoms with van der Waals surface area (Å²) in [6, 6.07) is 1.76. The minimum Gasteiger partial charge on any atom is -0.469 e. The van der Waals surface area contributed by atoms with Crippen molar-refractivity contribution in [2.24, 2.45) is 0 Å². The van der Waals surface area contributed by atoms with Gasteiger partial charge in [-0.1, -0.05) is 6.92 Å². The van der Waals surface area contributed by atoms with Crippen LogP contribution in [0, 0.1) is 0 Å². The Hall–Kier alpha value is -1.36. The van der Waals surface area contributed by atoms with Crippen molar-refractivity contribution in [3.63, 3.8) is 0 Å². The fourth-order valence-electron chi connectivity index (χ4n) is 1.39. The molecular weight excluding hydrogens is 238 g/mol. The predicted octanol–water partition coefficient (Wildman–Crippen LogP) is 2.21. The van der Waals surface area contributed by atoms with E-state index in [4.69, 9.17) is 0 Å². The van der Waals surface area contributed by atoms with E-state index in [0.29, 0.717) is 12.0 Å². The normalized spacial score (nSPS) is 13.8. The van der Waals surface area contributed by atoms with Crippen molar-refractivity contribution < 1.29 is 14.3 Å². The molecule has 0 unspecified atom stereocenters. The molecule has 94 valence electrons. The number of esters is 1. The van der Waals surface area contributed by atoms with Gasteiger partial charge in [0.05, 0.1) is 19.1 Å². The molecule has 1 rings (SSSR count). The second kappa shape index (κ2) is 5.82. The monoisotopic (exact) mass is 255 g/mol. The zero-order chi connectivity index (χ0) is 12.9. The average Bonchev–Trinajstić information content (AvgIpc) is 2.82. The van der Waals surface area contributed by atoms with Gasteiger partial charge in [-0.05, 0) is 24.8 Å². The zero-order valence-corrected chi connectivity index (χ0v) is 11.1. The Bertz CT molecular complexity index is 388. The Morgan fingerprint density at radius 2 is 2.24 bits per heavy atom. The third kappa shape index (κ3) is 3.85. The number of amides is 1. The van der Waals surface area contributed by atoms with Crippen LogP contribution in [0.2, 0.25) is 0 Å². The van der Waals surface area contributed by atoms with E-state index >= 15 is 0 Å². The van der Waals surface area contributed by atoms with Gasteiger partial charge in [-0.25, -0.2) is 0 Å². The van der Waals surface area contributed by atoms with Crippen molar-refractivity contribution >= 4 is 23.2 Å². The number of hydrogen-bond acceptors (Lipinski definition) is 4. The van der Waals surface area contributed by atoms with Crippen LogP contribution in [0.1, 0.15) is 37.0 Å². The van der Waals surface area contributed by atoms with Gasteiger partial charge < -0.3 is 10.1 Å². The topological polar surface area (TPSA) is 55.4 Å². The van der Waals surface area contributed by atoms with Crippen LogP contribution in [0.5, 0.6) is 0 Å². The number of hydrogen-bond donors (Lipinski definition) is 1. The van der Waals surface area contributed by atoms with Crippen LogP contribution in [-0.2, 0) is 9.53 Å². The zero-order valence-electron chi connectivity index (χ0n) is 10.3. The quantitative estimate of drug-likeness (QED) is 0.821. The summed E-state index contributed by atoms with van der Waals surface area (Å²) in [4.78, 5) is 23.2. The fraction of sp³-hybridized carbons (Fsp3) is 0.500. The molecule has 17 heavy (non-hydrogen) atoms. The molecule has 0 fully saturated rings. The first kappa shape index (κ1) is 13.7. The van der Waals surface area contributed by atoms with Crippen LogP contribution in [0.3, 0.4) is 0 Å².